The Balaban J connectivity index is 1.52. The highest BCUT2D eigenvalue weighted by Crippen LogP contribution is 2.33. The summed E-state index contributed by atoms with van der Waals surface area (Å²) in [5.74, 6) is 0.132. The Morgan fingerprint density at radius 1 is 0.973 bits per heavy atom. The van der Waals surface area contributed by atoms with Crippen molar-refractivity contribution in [1.82, 2.24) is 14.5 Å². The number of ether oxygens (including phenoxy) is 2. The van der Waals surface area contributed by atoms with Crippen LogP contribution in [-0.2, 0) is 19.5 Å². The second kappa shape index (κ2) is 10.3. The van der Waals surface area contributed by atoms with Crippen LogP contribution in [0.15, 0.2) is 71.6 Å². The quantitative estimate of drug-likeness (QED) is 0.379. The molecule has 0 atom stereocenters. The summed E-state index contributed by atoms with van der Waals surface area (Å²) in [6.07, 6.45) is 0. The molecule has 0 unspecified atom stereocenters. The molecule has 3 aromatic carbocycles. The molecule has 1 aliphatic heterocycles. The molecule has 10 heteroatoms. The molecule has 0 spiro atoms. The van der Waals surface area contributed by atoms with Gasteiger partial charge >= 0.3 is 5.97 Å². The normalized spacial score (nSPS) is 14.4. The van der Waals surface area contributed by atoms with Crippen molar-refractivity contribution in [1.29, 1.82) is 0 Å². The molecule has 190 valence electrons. The average molecular weight is 519 g/mol. The number of nitrogens with one attached hydrogen (secondary N) is 1. The number of morpholine rings is 1. The van der Waals surface area contributed by atoms with Gasteiger partial charge in [-0.25, -0.2) is 13.2 Å². The second-order valence-corrected chi connectivity index (χ2v) is 10.5. The van der Waals surface area contributed by atoms with E-state index >= 15 is 0 Å². The van der Waals surface area contributed by atoms with E-state index < -0.39 is 16.0 Å². The van der Waals surface area contributed by atoms with Gasteiger partial charge in [-0.3, -0.25) is 0 Å². The van der Waals surface area contributed by atoms with E-state index in [1.54, 1.807) is 43.3 Å². The zero-order valence-electron chi connectivity index (χ0n) is 20.5. The van der Waals surface area contributed by atoms with Gasteiger partial charge in [0.25, 0.3) is 0 Å². The lowest BCUT2D eigenvalue weighted by Gasteiger charge is -2.26. The number of hydrogen-bond donors (Lipinski definition) is 1. The van der Waals surface area contributed by atoms with Gasteiger partial charge < -0.3 is 14.8 Å². The minimum atomic E-state index is -3.68. The van der Waals surface area contributed by atoms with Crippen molar-refractivity contribution in [3.05, 3.63) is 77.9 Å². The third-order valence-corrected chi connectivity index (χ3v) is 8.35. The maximum absolute atomic E-state index is 13.4. The van der Waals surface area contributed by atoms with Crippen LogP contribution >= 0.6 is 0 Å². The highest BCUT2D eigenvalue weighted by molar-refractivity contribution is 7.89. The summed E-state index contributed by atoms with van der Waals surface area (Å²) in [6.45, 7) is 3.22. The fourth-order valence-electron chi connectivity index (χ4n) is 4.30. The van der Waals surface area contributed by atoms with Crippen molar-refractivity contribution in [2.75, 3.05) is 38.7 Å². The molecule has 9 nitrogen and oxygen atoms in total. The number of fused-ring (bicyclic) bond motifs is 1. The van der Waals surface area contributed by atoms with Crippen LogP contribution < -0.4 is 5.32 Å². The molecule has 5 rings (SSSR count). The summed E-state index contributed by atoms with van der Waals surface area (Å²) in [6, 6.07) is 19.9. The predicted octanol–water partition coefficient (Wildman–Crippen LogP) is 4.16. The Morgan fingerprint density at radius 3 is 2.38 bits per heavy atom. The van der Waals surface area contributed by atoms with Crippen LogP contribution in [0.1, 0.15) is 15.9 Å². The van der Waals surface area contributed by atoms with Crippen molar-refractivity contribution in [3.8, 4) is 11.3 Å². The van der Waals surface area contributed by atoms with Gasteiger partial charge in [0.05, 0.1) is 30.8 Å². The van der Waals surface area contributed by atoms with Gasteiger partial charge in [0, 0.05) is 35.1 Å². The number of carbonyl (C=O) groups excluding carboxylic acids is 1. The maximum atomic E-state index is 13.4. The van der Waals surface area contributed by atoms with Crippen LogP contribution in [0.25, 0.3) is 22.0 Å². The summed E-state index contributed by atoms with van der Waals surface area (Å²) in [7, 11) is -2.34. The number of esters is 1. The molecule has 37 heavy (non-hydrogen) atoms. The Kier molecular flexibility index (Phi) is 6.88. The third-order valence-electron chi connectivity index (χ3n) is 6.31. The molecule has 1 N–H and O–H groups in total. The van der Waals surface area contributed by atoms with Gasteiger partial charge in [-0.1, -0.05) is 36.4 Å². The number of methoxy groups -OCH3 is 1. The highest BCUT2D eigenvalue weighted by Gasteiger charge is 2.28. The first-order valence-corrected chi connectivity index (χ1v) is 13.2. The van der Waals surface area contributed by atoms with Crippen LogP contribution in [0.3, 0.4) is 0 Å². The lowest BCUT2D eigenvalue weighted by Crippen LogP contribution is -2.40. The van der Waals surface area contributed by atoms with Crippen molar-refractivity contribution in [3.63, 3.8) is 0 Å². The molecule has 4 aromatic rings. The van der Waals surface area contributed by atoms with Crippen LogP contribution in [0.2, 0.25) is 0 Å². The van der Waals surface area contributed by atoms with E-state index in [1.807, 2.05) is 30.3 Å². The Morgan fingerprint density at radius 2 is 1.68 bits per heavy atom. The smallest absolute Gasteiger partial charge is 0.337 e. The van der Waals surface area contributed by atoms with Crippen molar-refractivity contribution in [2.24, 2.45) is 0 Å². The summed E-state index contributed by atoms with van der Waals surface area (Å²) in [5.41, 5.74) is 3.09. The molecular formula is C27H26N4O5S. The first-order valence-electron chi connectivity index (χ1n) is 11.8. The summed E-state index contributed by atoms with van der Waals surface area (Å²) < 4.78 is 38.3. The van der Waals surface area contributed by atoms with E-state index in [2.05, 4.69) is 15.5 Å². The Hall–Kier alpha value is -3.86. The molecule has 1 saturated heterocycles. The number of sulfonamides is 1. The lowest BCUT2D eigenvalue weighted by molar-refractivity contribution is 0.0600. The number of benzene rings is 3. The molecule has 0 bridgehead atoms. The molecule has 2 heterocycles. The minimum absolute atomic E-state index is 0.255. The Labute approximate surface area is 215 Å². The summed E-state index contributed by atoms with van der Waals surface area (Å²) in [5, 5.41) is 13.8. The number of rotatable bonds is 6. The van der Waals surface area contributed by atoms with Gasteiger partial charge in [-0.15, -0.1) is 10.2 Å². The number of hydrogen-bond acceptors (Lipinski definition) is 8. The van der Waals surface area contributed by atoms with Crippen LogP contribution in [0.4, 0.5) is 11.5 Å². The molecule has 1 aromatic heterocycles. The number of aryl methyl sites for hydroxylation is 1. The first-order chi connectivity index (χ1) is 17.9. The molecule has 0 aliphatic carbocycles. The zero-order chi connectivity index (χ0) is 26.0. The van der Waals surface area contributed by atoms with Gasteiger partial charge in [-0.05, 0) is 42.8 Å². The van der Waals surface area contributed by atoms with Gasteiger partial charge in [0.2, 0.25) is 10.0 Å². The van der Waals surface area contributed by atoms with Crippen LogP contribution in [0.5, 0.6) is 0 Å². The lowest BCUT2D eigenvalue weighted by atomic mass is 10.0. The van der Waals surface area contributed by atoms with Gasteiger partial charge in [0.1, 0.15) is 5.69 Å². The predicted molar refractivity (Wildman–Crippen MR) is 140 cm³/mol. The van der Waals surface area contributed by atoms with Gasteiger partial charge in [0.15, 0.2) is 5.82 Å². The van der Waals surface area contributed by atoms with Crippen LogP contribution in [-0.4, -0.2) is 62.3 Å². The van der Waals surface area contributed by atoms with Crippen LogP contribution in [0, 0.1) is 6.92 Å². The maximum Gasteiger partial charge on any atom is 0.337 e. The van der Waals surface area contributed by atoms with Crippen molar-refractivity contribution in [2.45, 2.75) is 11.8 Å². The van der Waals surface area contributed by atoms with Crippen molar-refractivity contribution >= 4 is 38.3 Å². The SMILES string of the molecule is COC(=O)c1ccc(Nc2nnc(-c3ccc(C)c(S(=O)(=O)N4CCOCC4)c3)c3ccccc23)cc1. The zero-order valence-corrected chi connectivity index (χ0v) is 21.3. The summed E-state index contributed by atoms with van der Waals surface area (Å²) in [4.78, 5) is 12.0. The monoisotopic (exact) mass is 518 g/mol. The number of anilines is 2. The first kappa shape index (κ1) is 24.8. The number of aromatic nitrogens is 2. The minimum Gasteiger partial charge on any atom is -0.465 e. The van der Waals surface area contributed by atoms with E-state index in [9.17, 15) is 13.2 Å². The summed E-state index contributed by atoms with van der Waals surface area (Å²) >= 11 is 0. The molecular weight excluding hydrogens is 492 g/mol. The second-order valence-electron chi connectivity index (χ2n) is 8.63. The van der Waals surface area contributed by atoms with Gasteiger partial charge in [-0.2, -0.15) is 4.31 Å². The molecule has 0 amide bonds. The van der Waals surface area contributed by atoms with Crippen molar-refractivity contribution < 1.29 is 22.7 Å². The largest absolute Gasteiger partial charge is 0.465 e. The molecule has 0 radical (unpaired) electrons. The molecule has 0 saturated carbocycles. The Bertz CT molecular complexity index is 1570. The number of carbonyl (C=O) groups is 1. The van der Waals surface area contributed by atoms with E-state index in [0.29, 0.717) is 54.5 Å². The molecule has 1 aliphatic rings. The average Bonchev–Trinajstić information content (AvgIpc) is 2.94. The number of nitrogens with zero attached hydrogens (tertiary/aromatic N) is 3. The fraction of sp³-hybridized carbons (Fsp3) is 0.222. The fourth-order valence-corrected chi connectivity index (χ4v) is 5.96. The highest BCUT2D eigenvalue weighted by atomic mass is 32.2. The van der Waals surface area contributed by atoms with E-state index in [4.69, 9.17) is 9.47 Å². The molecule has 1 fully saturated rings. The van der Waals surface area contributed by atoms with E-state index in [1.165, 1.54) is 11.4 Å². The topological polar surface area (TPSA) is 111 Å². The van der Waals surface area contributed by atoms with E-state index in [0.717, 1.165) is 16.5 Å². The standard InChI is InChI=1S/C27H26N4O5S/c1-18-7-8-20(17-24(18)37(33,34)31-13-15-36-16-14-31)25-22-5-3-4-6-23(22)26(30-29-25)28-21-11-9-19(10-12-21)27(32)35-2/h3-12,17H,13-16H2,1-2H3,(H,28,30). The van der Waals surface area contributed by atoms with E-state index in [-0.39, 0.29) is 4.90 Å². The third kappa shape index (κ3) is 4.91.